The number of rotatable bonds is 4. The summed E-state index contributed by atoms with van der Waals surface area (Å²) in [5.74, 6) is -0.830. The van der Waals surface area contributed by atoms with Gasteiger partial charge in [0.15, 0.2) is 11.5 Å². The molecule has 23 heavy (non-hydrogen) atoms. The first-order valence-electron chi connectivity index (χ1n) is 7.21. The highest BCUT2D eigenvalue weighted by Crippen LogP contribution is 2.25. The molecule has 0 saturated carbocycles. The molecule has 0 aliphatic rings. The fourth-order valence-electron chi connectivity index (χ4n) is 1.89. The van der Waals surface area contributed by atoms with Crippen LogP contribution in [-0.2, 0) is 16.0 Å². The molecule has 128 valence electrons. The average molecular weight is 324 g/mol. The van der Waals surface area contributed by atoms with Crippen LogP contribution in [0.25, 0.3) is 0 Å². The van der Waals surface area contributed by atoms with Gasteiger partial charge in [0, 0.05) is 20.5 Å². The molecule has 0 aliphatic carbocycles. The topological polar surface area (TPSA) is 99.1 Å². The van der Waals surface area contributed by atoms with Crippen molar-refractivity contribution in [1.29, 1.82) is 0 Å². The number of alkyl carbamates (subject to hydrolysis) is 1. The normalized spacial score (nSPS) is 12.4. The Balaban J connectivity index is 2.90. The Morgan fingerprint density at radius 1 is 1.22 bits per heavy atom. The van der Waals surface area contributed by atoms with Gasteiger partial charge < -0.3 is 25.2 Å². The second-order valence-electron chi connectivity index (χ2n) is 6.46. The maximum atomic E-state index is 12.2. The van der Waals surface area contributed by atoms with E-state index in [4.69, 9.17) is 4.74 Å². The lowest BCUT2D eigenvalue weighted by Crippen LogP contribution is -2.48. The van der Waals surface area contributed by atoms with Gasteiger partial charge in [-0.2, -0.15) is 0 Å². The Labute approximate surface area is 135 Å². The summed E-state index contributed by atoms with van der Waals surface area (Å²) in [6.07, 6.45) is -0.537. The molecule has 2 amide bonds. The summed E-state index contributed by atoms with van der Waals surface area (Å²) < 4.78 is 5.17. The van der Waals surface area contributed by atoms with Crippen LogP contribution < -0.4 is 5.32 Å². The number of phenolic OH excluding ortho intramolecular Hbond substituents is 2. The van der Waals surface area contributed by atoms with Crippen molar-refractivity contribution in [1.82, 2.24) is 10.2 Å². The smallest absolute Gasteiger partial charge is 0.408 e. The molecule has 1 atom stereocenters. The Morgan fingerprint density at radius 2 is 1.83 bits per heavy atom. The Bertz CT molecular complexity index is 578. The summed E-state index contributed by atoms with van der Waals surface area (Å²) in [4.78, 5) is 25.5. The van der Waals surface area contributed by atoms with Gasteiger partial charge in [-0.25, -0.2) is 4.79 Å². The number of carbonyl (C=O) groups is 2. The van der Waals surface area contributed by atoms with Gasteiger partial charge in [-0.05, 0) is 38.5 Å². The van der Waals surface area contributed by atoms with Crippen molar-refractivity contribution >= 4 is 12.0 Å². The third-order valence-corrected chi connectivity index (χ3v) is 2.91. The fourth-order valence-corrected chi connectivity index (χ4v) is 1.89. The molecular weight excluding hydrogens is 300 g/mol. The van der Waals surface area contributed by atoms with Gasteiger partial charge in [-0.3, -0.25) is 4.79 Å². The second kappa shape index (κ2) is 7.21. The third kappa shape index (κ3) is 6.06. The highest BCUT2D eigenvalue weighted by Gasteiger charge is 2.26. The maximum absolute atomic E-state index is 12.2. The predicted octanol–water partition coefficient (Wildman–Crippen LogP) is 1.62. The number of nitrogens with zero attached hydrogens (tertiary/aromatic N) is 1. The molecule has 1 rings (SSSR count). The van der Waals surface area contributed by atoms with Crippen molar-refractivity contribution in [2.75, 3.05) is 14.1 Å². The van der Waals surface area contributed by atoms with Crippen LogP contribution in [0.5, 0.6) is 11.5 Å². The van der Waals surface area contributed by atoms with Crippen molar-refractivity contribution < 1.29 is 24.5 Å². The largest absolute Gasteiger partial charge is 0.504 e. The van der Waals surface area contributed by atoms with Gasteiger partial charge in [-0.15, -0.1) is 0 Å². The highest BCUT2D eigenvalue weighted by molar-refractivity contribution is 5.85. The van der Waals surface area contributed by atoms with E-state index in [1.165, 1.54) is 17.0 Å². The van der Waals surface area contributed by atoms with Crippen molar-refractivity contribution in [2.45, 2.75) is 38.8 Å². The lowest BCUT2D eigenvalue weighted by Gasteiger charge is -2.25. The standard InChI is InChI=1S/C16H24N2O5/c1-16(2,3)23-15(22)17-11(14(21)18(4)5)8-10-6-7-12(19)13(20)9-10/h6-7,9,11,19-20H,8H2,1-5H3,(H,17,22). The van der Waals surface area contributed by atoms with Crippen molar-refractivity contribution in [3.8, 4) is 11.5 Å². The molecule has 1 unspecified atom stereocenters. The third-order valence-electron chi connectivity index (χ3n) is 2.91. The van der Waals surface area contributed by atoms with Gasteiger partial charge in [-0.1, -0.05) is 6.07 Å². The minimum Gasteiger partial charge on any atom is -0.504 e. The molecule has 0 heterocycles. The van der Waals surface area contributed by atoms with Gasteiger partial charge in [0.1, 0.15) is 11.6 Å². The quantitative estimate of drug-likeness (QED) is 0.731. The SMILES string of the molecule is CN(C)C(=O)C(Cc1ccc(O)c(O)c1)NC(=O)OC(C)(C)C. The van der Waals surface area contributed by atoms with Crippen LogP contribution in [0.15, 0.2) is 18.2 Å². The Kier molecular flexibility index (Phi) is 5.84. The Morgan fingerprint density at radius 3 is 2.30 bits per heavy atom. The monoisotopic (exact) mass is 324 g/mol. The van der Waals surface area contributed by atoms with Crippen LogP contribution in [-0.4, -0.2) is 52.9 Å². The van der Waals surface area contributed by atoms with E-state index in [0.29, 0.717) is 5.56 Å². The van der Waals surface area contributed by atoms with E-state index in [2.05, 4.69) is 5.32 Å². The van der Waals surface area contributed by atoms with Crippen molar-refractivity contribution in [2.24, 2.45) is 0 Å². The molecule has 7 heteroatoms. The number of hydrogen-bond donors (Lipinski definition) is 3. The molecule has 0 spiro atoms. The van der Waals surface area contributed by atoms with Crippen molar-refractivity contribution in [3.05, 3.63) is 23.8 Å². The molecule has 0 aromatic heterocycles. The zero-order valence-electron chi connectivity index (χ0n) is 14.1. The van der Waals surface area contributed by atoms with Gasteiger partial charge in [0.25, 0.3) is 0 Å². The molecule has 0 fully saturated rings. The summed E-state index contributed by atoms with van der Waals surface area (Å²) in [6.45, 7) is 5.19. The molecule has 3 N–H and O–H groups in total. The molecule has 1 aromatic carbocycles. The molecule has 0 radical (unpaired) electrons. The Hall–Kier alpha value is -2.44. The van der Waals surface area contributed by atoms with Gasteiger partial charge in [0.05, 0.1) is 0 Å². The van der Waals surface area contributed by atoms with E-state index in [1.54, 1.807) is 40.9 Å². The molecule has 0 bridgehead atoms. The number of benzene rings is 1. The fraction of sp³-hybridized carbons (Fsp3) is 0.500. The first-order chi connectivity index (χ1) is 10.5. The predicted molar refractivity (Wildman–Crippen MR) is 85.3 cm³/mol. The number of hydrogen-bond acceptors (Lipinski definition) is 5. The van der Waals surface area contributed by atoms with Crippen LogP contribution in [0, 0.1) is 0 Å². The van der Waals surface area contributed by atoms with E-state index >= 15 is 0 Å². The van der Waals surface area contributed by atoms with Crippen LogP contribution in [0.4, 0.5) is 4.79 Å². The van der Waals surface area contributed by atoms with Gasteiger partial charge >= 0.3 is 6.09 Å². The molecular formula is C16H24N2O5. The highest BCUT2D eigenvalue weighted by atomic mass is 16.6. The minimum absolute atomic E-state index is 0.157. The first-order valence-corrected chi connectivity index (χ1v) is 7.21. The summed E-state index contributed by atoms with van der Waals surface area (Å²) in [5.41, 5.74) is -0.0800. The number of phenols is 2. The number of ether oxygens (including phenoxy) is 1. The number of nitrogens with one attached hydrogen (secondary N) is 1. The number of aromatic hydroxyl groups is 2. The lowest BCUT2D eigenvalue weighted by molar-refractivity contribution is -0.130. The molecule has 7 nitrogen and oxygen atoms in total. The second-order valence-corrected chi connectivity index (χ2v) is 6.46. The van der Waals surface area contributed by atoms with Gasteiger partial charge in [0.2, 0.25) is 5.91 Å². The summed E-state index contributed by atoms with van der Waals surface area (Å²) in [7, 11) is 3.17. The van der Waals surface area contributed by atoms with Crippen LogP contribution in [0.3, 0.4) is 0 Å². The molecule has 1 aromatic rings. The van der Waals surface area contributed by atoms with E-state index in [-0.39, 0.29) is 23.8 Å². The minimum atomic E-state index is -0.844. The van der Waals surface area contributed by atoms with Crippen LogP contribution >= 0.6 is 0 Å². The van der Waals surface area contributed by atoms with E-state index in [0.717, 1.165) is 0 Å². The first kappa shape index (κ1) is 18.6. The molecule has 0 saturated heterocycles. The number of carbonyl (C=O) groups excluding carboxylic acids is 2. The van der Waals surface area contributed by atoms with Crippen LogP contribution in [0.1, 0.15) is 26.3 Å². The maximum Gasteiger partial charge on any atom is 0.408 e. The average Bonchev–Trinajstić information content (AvgIpc) is 2.39. The zero-order chi connectivity index (χ0) is 17.8. The summed E-state index contributed by atoms with van der Waals surface area (Å²) in [6, 6.07) is 3.41. The zero-order valence-corrected chi connectivity index (χ0v) is 14.1. The number of amides is 2. The van der Waals surface area contributed by atoms with Crippen LogP contribution in [0.2, 0.25) is 0 Å². The summed E-state index contributed by atoms with van der Waals surface area (Å²) >= 11 is 0. The van der Waals surface area contributed by atoms with E-state index in [9.17, 15) is 19.8 Å². The van der Waals surface area contributed by atoms with E-state index in [1.807, 2.05) is 0 Å². The van der Waals surface area contributed by atoms with Crippen molar-refractivity contribution in [3.63, 3.8) is 0 Å². The molecule has 0 aliphatic heterocycles. The lowest BCUT2D eigenvalue weighted by atomic mass is 10.0. The van der Waals surface area contributed by atoms with E-state index < -0.39 is 17.7 Å². The summed E-state index contributed by atoms with van der Waals surface area (Å²) in [5, 5.41) is 21.4. The number of likely N-dealkylation sites (N-methyl/N-ethyl adjacent to an activating group) is 1.